The van der Waals surface area contributed by atoms with Gasteiger partial charge in [-0.05, 0) is 198 Å². The van der Waals surface area contributed by atoms with Crippen LogP contribution in [0.4, 0.5) is 34.1 Å². The topological polar surface area (TPSA) is 16.3 Å². The Hall–Kier alpha value is -10.2. The van der Waals surface area contributed by atoms with E-state index in [4.69, 9.17) is 0 Å². The summed E-state index contributed by atoms with van der Waals surface area (Å²) in [6.45, 7) is 32.7. The molecule has 4 nitrogen and oxygen atoms in total. The summed E-state index contributed by atoms with van der Waals surface area (Å²) in [7, 11) is 0. The van der Waals surface area contributed by atoms with Crippen LogP contribution in [0.2, 0.25) is 0 Å². The van der Waals surface area contributed by atoms with Crippen molar-refractivity contribution in [2.45, 2.75) is 124 Å². The number of nitrogens with zero attached hydrogens (tertiary/aromatic N) is 4. The Morgan fingerprint density at radius 3 is 1.08 bits per heavy atom. The number of hydrogen-bond acceptors (Lipinski definition) is 2. The minimum atomic E-state index is -0.417. The zero-order valence-electron chi connectivity index (χ0n) is 57.5. The summed E-state index contributed by atoms with van der Waals surface area (Å²) in [4.78, 5) is 5.07. The molecule has 13 aromatic carbocycles. The number of hydrogen-bond donors (Lipinski definition) is 0. The van der Waals surface area contributed by atoms with E-state index in [0.717, 1.165) is 45.5 Å². The Bertz CT molecular complexity index is 5490. The average molecular weight is 1230 g/mol. The van der Waals surface area contributed by atoms with Gasteiger partial charge in [-0.3, -0.25) is 0 Å². The monoisotopic (exact) mass is 1230 g/mol. The number of benzene rings is 13. The number of anilines is 6. The molecular formula is C91H84N4. The molecule has 0 spiro atoms. The highest BCUT2D eigenvalue weighted by molar-refractivity contribution is 6.14. The maximum atomic E-state index is 2.56. The van der Waals surface area contributed by atoms with E-state index in [1.54, 1.807) is 0 Å². The first kappa shape index (κ1) is 59.8. The number of fused-ring (bicyclic) bond motifs is 13. The van der Waals surface area contributed by atoms with Crippen molar-refractivity contribution in [3.05, 3.63) is 288 Å². The van der Waals surface area contributed by atoms with Crippen molar-refractivity contribution in [1.29, 1.82) is 0 Å². The van der Waals surface area contributed by atoms with Crippen molar-refractivity contribution in [2.75, 3.05) is 9.80 Å². The molecule has 0 atom stereocenters. The second kappa shape index (κ2) is 21.4. The van der Waals surface area contributed by atoms with Crippen molar-refractivity contribution < 1.29 is 0 Å². The van der Waals surface area contributed by atoms with Gasteiger partial charge in [0, 0.05) is 71.6 Å². The molecule has 2 heterocycles. The van der Waals surface area contributed by atoms with Crippen LogP contribution in [0.25, 0.3) is 98.4 Å². The second-order valence-corrected chi connectivity index (χ2v) is 31.5. The van der Waals surface area contributed by atoms with Crippen LogP contribution in [-0.4, -0.2) is 9.13 Å². The summed E-state index contributed by atoms with van der Waals surface area (Å²) in [6.07, 6.45) is 0. The lowest BCUT2D eigenvalue weighted by atomic mass is 9.81. The largest absolute Gasteiger partial charge is 0.310 e. The zero-order valence-corrected chi connectivity index (χ0v) is 57.5. The van der Waals surface area contributed by atoms with E-state index in [2.05, 4.69) is 371 Å². The smallest absolute Gasteiger partial charge is 0.0543 e. The molecule has 0 saturated heterocycles. The van der Waals surface area contributed by atoms with E-state index in [0.29, 0.717) is 0 Å². The van der Waals surface area contributed by atoms with E-state index < -0.39 is 5.41 Å². The van der Waals surface area contributed by atoms with Gasteiger partial charge in [-0.25, -0.2) is 0 Å². The molecule has 0 N–H and O–H groups in total. The Balaban J connectivity index is 0.879. The Kier molecular flexibility index (Phi) is 13.5. The SMILES string of the molecule is CC(C)(C)c1ccc2c(c1)c1cc(C(C)(C)C)ccc1n2-c1cccc(N(c2ccc3c(c2)C(C)(C)c2cc(N(c4cccc(-n5c6ccc(C(C)(C)C)cc6c6cc(C(C)(C)C)ccc65)c4)c4cccc5ccccc45)c4ccccc4c2-3)c2cccc3ccccc23)c1. The Morgan fingerprint density at radius 1 is 0.274 bits per heavy atom. The summed E-state index contributed by atoms with van der Waals surface area (Å²) < 4.78 is 4.99. The van der Waals surface area contributed by atoms with Crippen LogP contribution in [0.15, 0.2) is 255 Å². The van der Waals surface area contributed by atoms with Gasteiger partial charge in [-0.2, -0.15) is 0 Å². The Morgan fingerprint density at radius 2 is 0.642 bits per heavy atom. The van der Waals surface area contributed by atoms with Crippen molar-refractivity contribution in [1.82, 2.24) is 9.13 Å². The molecule has 1 aliphatic rings. The average Bonchev–Trinajstić information content (AvgIpc) is 1.58. The molecule has 15 aromatic rings. The highest BCUT2D eigenvalue weighted by Crippen LogP contribution is 2.57. The predicted molar refractivity (Wildman–Crippen MR) is 409 cm³/mol. The lowest BCUT2D eigenvalue weighted by molar-refractivity contribution is 0.590. The molecule has 95 heavy (non-hydrogen) atoms. The van der Waals surface area contributed by atoms with Crippen LogP contribution < -0.4 is 9.80 Å². The van der Waals surface area contributed by atoms with Crippen LogP contribution in [-0.2, 0) is 27.1 Å². The van der Waals surface area contributed by atoms with Crippen molar-refractivity contribution in [2.24, 2.45) is 0 Å². The normalized spacial score (nSPS) is 13.5. The van der Waals surface area contributed by atoms with Crippen LogP contribution in [0.1, 0.15) is 130 Å². The molecule has 0 bridgehead atoms. The molecule has 0 unspecified atom stereocenters. The summed E-state index contributed by atoms with van der Waals surface area (Å²) >= 11 is 0. The van der Waals surface area contributed by atoms with E-state index in [1.807, 2.05) is 0 Å². The van der Waals surface area contributed by atoms with E-state index in [-0.39, 0.29) is 21.7 Å². The molecule has 4 heteroatoms. The molecule has 16 rings (SSSR count). The minimum absolute atomic E-state index is 0.0000228. The molecule has 2 aromatic heterocycles. The van der Waals surface area contributed by atoms with Crippen molar-refractivity contribution in [3.63, 3.8) is 0 Å². The first-order chi connectivity index (χ1) is 45.4. The van der Waals surface area contributed by atoms with Crippen molar-refractivity contribution >= 4 is 110 Å². The molecule has 0 radical (unpaired) electrons. The van der Waals surface area contributed by atoms with Crippen LogP contribution in [0.3, 0.4) is 0 Å². The first-order valence-electron chi connectivity index (χ1n) is 34.1. The van der Waals surface area contributed by atoms with Gasteiger partial charge in [-0.15, -0.1) is 0 Å². The van der Waals surface area contributed by atoms with Crippen LogP contribution in [0, 0.1) is 0 Å². The number of rotatable bonds is 8. The third-order valence-electron chi connectivity index (χ3n) is 20.8. The Labute approximate surface area is 560 Å². The summed E-state index contributed by atoms with van der Waals surface area (Å²) in [6, 6.07) is 97.3. The quantitative estimate of drug-likeness (QED) is 0.151. The molecular weight excluding hydrogens is 1150 g/mol. The molecule has 0 amide bonds. The highest BCUT2D eigenvalue weighted by atomic mass is 15.2. The summed E-state index contributed by atoms with van der Waals surface area (Å²) in [5.41, 5.74) is 23.8. The lowest BCUT2D eigenvalue weighted by Crippen LogP contribution is -2.18. The maximum absolute atomic E-state index is 2.56. The van der Waals surface area contributed by atoms with Gasteiger partial charge in [0.25, 0.3) is 0 Å². The fraction of sp³-hybridized carbons (Fsp3) is 0.209. The maximum Gasteiger partial charge on any atom is 0.0543 e. The van der Waals surface area contributed by atoms with Gasteiger partial charge >= 0.3 is 0 Å². The zero-order chi connectivity index (χ0) is 65.8. The molecule has 1 aliphatic carbocycles. The van der Waals surface area contributed by atoms with Gasteiger partial charge < -0.3 is 18.9 Å². The second-order valence-electron chi connectivity index (χ2n) is 31.5. The predicted octanol–water partition coefficient (Wildman–Crippen LogP) is 25.8. The number of aromatic nitrogens is 2. The van der Waals surface area contributed by atoms with Gasteiger partial charge in [0.2, 0.25) is 0 Å². The van der Waals surface area contributed by atoms with E-state index in [9.17, 15) is 0 Å². The van der Waals surface area contributed by atoms with Gasteiger partial charge in [0.05, 0.1) is 39.1 Å². The molecule has 468 valence electrons. The first-order valence-corrected chi connectivity index (χ1v) is 34.1. The minimum Gasteiger partial charge on any atom is -0.310 e. The fourth-order valence-corrected chi connectivity index (χ4v) is 15.5. The third kappa shape index (κ3) is 9.76. The van der Waals surface area contributed by atoms with Gasteiger partial charge in [0.1, 0.15) is 0 Å². The molecule has 0 fully saturated rings. The molecule has 0 aliphatic heterocycles. The third-order valence-corrected chi connectivity index (χ3v) is 20.8. The van der Waals surface area contributed by atoms with Crippen molar-refractivity contribution in [3.8, 4) is 22.5 Å². The highest BCUT2D eigenvalue weighted by Gasteiger charge is 2.39. The lowest BCUT2D eigenvalue weighted by Gasteiger charge is -2.31. The summed E-state index contributed by atoms with van der Waals surface area (Å²) in [5, 5.41) is 12.3. The fourth-order valence-electron chi connectivity index (χ4n) is 15.5. The molecule has 0 saturated carbocycles. The summed E-state index contributed by atoms with van der Waals surface area (Å²) in [5.74, 6) is 0. The van der Waals surface area contributed by atoms with Gasteiger partial charge in [-0.1, -0.05) is 236 Å². The van der Waals surface area contributed by atoms with Crippen LogP contribution in [0.5, 0.6) is 0 Å². The van der Waals surface area contributed by atoms with Crippen LogP contribution >= 0.6 is 0 Å². The standard InChI is InChI=1S/C91H84N4/c1-87(2,3)59-39-45-81-73(49-59)74-50-60(88(4,5)6)40-46-82(74)93(81)64-30-23-29-63(53-64)92(79-37-21-27-57-25-15-17-33-68(57)79)67-43-44-72-77(55-67)91(13,14)78-56-85(70-35-19-20-36-71(70)86(72)78)95(80-38-22-28-58-26-16-18-34-69(58)80)66-32-24-31-65(54-66)94-83-47-41-61(89(7,8)9)51-75(83)76-52-62(90(10,11)12)42-48-84(76)94/h15-56H,1-14H3. The van der Waals surface area contributed by atoms with E-state index in [1.165, 1.54) is 120 Å². The van der Waals surface area contributed by atoms with Gasteiger partial charge in [0.15, 0.2) is 0 Å². The van der Waals surface area contributed by atoms with E-state index >= 15 is 0 Å².